The van der Waals surface area contributed by atoms with Crippen LogP contribution in [0.1, 0.15) is 44.1 Å². The fourth-order valence-corrected chi connectivity index (χ4v) is 2.47. The van der Waals surface area contributed by atoms with E-state index in [-0.39, 0.29) is 6.10 Å². The quantitative estimate of drug-likeness (QED) is 0.885. The summed E-state index contributed by atoms with van der Waals surface area (Å²) in [5, 5.41) is 10.0. The summed E-state index contributed by atoms with van der Waals surface area (Å²) < 4.78 is 43.0. The molecule has 2 nitrogen and oxygen atoms in total. The van der Waals surface area contributed by atoms with Crippen molar-refractivity contribution >= 4 is 0 Å². The Balaban J connectivity index is 2.01. The van der Waals surface area contributed by atoms with E-state index in [0.717, 1.165) is 44.2 Å². The van der Waals surface area contributed by atoms with Gasteiger partial charge in [0.1, 0.15) is 11.9 Å². The Morgan fingerprint density at radius 2 is 1.55 bits per heavy atom. The molecule has 1 N–H and O–H groups in total. The predicted octanol–water partition coefficient (Wildman–Crippen LogP) is 4.17. The predicted molar refractivity (Wildman–Crippen MR) is 69.6 cm³/mol. The summed E-state index contributed by atoms with van der Waals surface area (Å²) in [6.07, 6.45) is 0.385. The molecule has 0 aromatic heterocycles. The van der Waals surface area contributed by atoms with Crippen LogP contribution in [0.5, 0.6) is 5.75 Å². The SMILES string of the molecule is O[C@H]1CCCCCC[C@H]1Oc1ccc(C(F)(F)F)cc1. The second-order valence-electron chi connectivity index (χ2n) is 5.24. The molecule has 0 saturated heterocycles. The van der Waals surface area contributed by atoms with Crippen molar-refractivity contribution in [1.29, 1.82) is 0 Å². The van der Waals surface area contributed by atoms with Gasteiger partial charge in [-0.3, -0.25) is 0 Å². The Labute approximate surface area is 116 Å². The summed E-state index contributed by atoms with van der Waals surface area (Å²) in [7, 11) is 0. The Kier molecular flexibility index (Phi) is 4.91. The summed E-state index contributed by atoms with van der Waals surface area (Å²) >= 11 is 0. The van der Waals surface area contributed by atoms with Crippen molar-refractivity contribution in [3.63, 3.8) is 0 Å². The number of aliphatic hydroxyl groups excluding tert-OH is 1. The average molecular weight is 288 g/mol. The van der Waals surface area contributed by atoms with Gasteiger partial charge in [-0.1, -0.05) is 19.3 Å². The third-order valence-corrected chi connectivity index (χ3v) is 3.64. The van der Waals surface area contributed by atoms with E-state index in [1.54, 1.807) is 0 Å². The van der Waals surface area contributed by atoms with E-state index in [2.05, 4.69) is 0 Å². The number of hydrogen-bond donors (Lipinski definition) is 1. The van der Waals surface area contributed by atoms with Gasteiger partial charge in [-0.2, -0.15) is 13.2 Å². The summed E-state index contributed by atoms with van der Waals surface area (Å²) in [4.78, 5) is 0. The van der Waals surface area contributed by atoms with E-state index >= 15 is 0 Å². The van der Waals surface area contributed by atoms with Crippen LogP contribution < -0.4 is 4.74 Å². The van der Waals surface area contributed by atoms with Crippen LogP contribution in [0.2, 0.25) is 0 Å². The van der Waals surface area contributed by atoms with Crippen molar-refractivity contribution < 1.29 is 23.0 Å². The van der Waals surface area contributed by atoms with Crippen LogP contribution in [0, 0.1) is 0 Å². The van der Waals surface area contributed by atoms with Crippen molar-refractivity contribution in [3.05, 3.63) is 29.8 Å². The van der Waals surface area contributed by atoms with Gasteiger partial charge in [-0.25, -0.2) is 0 Å². The van der Waals surface area contributed by atoms with Crippen molar-refractivity contribution in [2.24, 2.45) is 0 Å². The molecule has 2 rings (SSSR count). The highest BCUT2D eigenvalue weighted by atomic mass is 19.4. The first-order chi connectivity index (χ1) is 9.47. The molecule has 20 heavy (non-hydrogen) atoms. The molecule has 0 radical (unpaired) electrons. The number of alkyl halides is 3. The van der Waals surface area contributed by atoms with Crippen LogP contribution in [-0.2, 0) is 6.18 Å². The van der Waals surface area contributed by atoms with Gasteiger partial charge < -0.3 is 9.84 Å². The molecule has 0 heterocycles. The van der Waals surface area contributed by atoms with Crippen molar-refractivity contribution in [2.75, 3.05) is 0 Å². The molecule has 1 aromatic rings. The molecule has 0 amide bonds. The summed E-state index contributed by atoms with van der Waals surface area (Å²) in [5.41, 5.74) is -0.692. The van der Waals surface area contributed by atoms with Gasteiger partial charge in [0.2, 0.25) is 0 Å². The molecule has 0 unspecified atom stereocenters. The fourth-order valence-electron chi connectivity index (χ4n) is 2.47. The van der Waals surface area contributed by atoms with Gasteiger partial charge in [-0.15, -0.1) is 0 Å². The average Bonchev–Trinajstić information content (AvgIpc) is 2.38. The van der Waals surface area contributed by atoms with Crippen molar-refractivity contribution in [2.45, 2.75) is 56.9 Å². The maximum Gasteiger partial charge on any atom is 0.416 e. The Hall–Kier alpha value is -1.23. The number of halogens is 3. The maximum absolute atomic E-state index is 12.5. The van der Waals surface area contributed by atoms with E-state index in [4.69, 9.17) is 4.74 Å². The van der Waals surface area contributed by atoms with Crippen LogP contribution in [0.25, 0.3) is 0 Å². The zero-order valence-corrected chi connectivity index (χ0v) is 11.2. The first kappa shape index (κ1) is 15.2. The standard InChI is InChI=1S/C15H19F3O2/c16-15(17,18)11-7-9-12(10-8-11)20-14-6-4-2-1-3-5-13(14)19/h7-10,13-14,19H,1-6H2/t13-,14+/m0/s1. The molecule has 1 aliphatic carbocycles. The smallest absolute Gasteiger partial charge is 0.416 e. The topological polar surface area (TPSA) is 29.5 Å². The van der Waals surface area contributed by atoms with Crippen molar-refractivity contribution in [1.82, 2.24) is 0 Å². The Bertz CT molecular complexity index is 414. The van der Waals surface area contributed by atoms with Crippen LogP contribution in [-0.4, -0.2) is 17.3 Å². The van der Waals surface area contributed by atoms with E-state index in [9.17, 15) is 18.3 Å². The van der Waals surface area contributed by atoms with Gasteiger partial charge in [0.05, 0.1) is 11.7 Å². The zero-order chi connectivity index (χ0) is 14.6. The highest BCUT2D eigenvalue weighted by Gasteiger charge is 2.30. The molecule has 1 saturated carbocycles. The van der Waals surface area contributed by atoms with Gasteiger partial charge in [0.15, 0.2) is 0 Å². The van der Waals surface area contributed by atoms with E-state index in [1.165, 1.54) is 12.1 Å². The fraction of sp³-hybridized carbons (Fsp3) is 0.600. The van der Waals surface area contributed by atoms with Crippen LogP contribution in [0.15, 0.2) is 24.3 Å². The molecule has 1 aliphatic rings. The highest BCUT2D eigenvalue weighted by Crippen LogP contribution is 2.31. The number of rotatable bonds is 2. The minimum atomic E-state index is -4.34. The normalized spacial score (nSPS) is 24.8. The first-order valence-corrected chi connectivity index (χ1v) is 6.99. The highest BCUT2D eigenvalue weighted by molar-refractivity contribution is 5.29. The Morgan fingerprint density at radius 3 is 2.15 bits per heavy atom. The molecular weight excluding hydrogens is 269 g/mol. The molecule has 112 valence electrons. The number of benzene rings is 1. The second kappa shape index (κ2) is 6.48. The monoisotopic (exact) mass is 288 g/mol. The van der Waals surface area contributed by atoms with Crippen molar-refractivity contribution in [3.8, 4) is 5.75 Å². The van der Waals surface area contributed by atoms with Crippen LogP contribution >= 0.6 is 0 Å². The molecule has 0 bridgehead atoms. The lowest BCUT2D eigenvalue weighted by atomic mass is 9.96. The van der Waals surface area contributed by atoms with Gasteiger partial charge in [0.25, 0.3) is 0 Å². The van der Waals surface area contributed by atoms with Gasteiger partial charge in [-0.05, 0) is 43.5 Å². The third kappa shape index (κ3) is 4.13. The first-order valence-electron chi connectivity index (χ1n) is 6.99. The number of hydrogen-bond acceptors (Lipinski definition) is 2. The molecular formula is C15H19F3O2. The summed E-state index contributed by atoms with van der Waals surface area (Å²) in [5.74, 6) is 0.377. The maximum atomic E-state index is 12.5. The molecule has 0 spiro atoms. The largest absolute Gasteiger partial charge is 0.488 e. The summed E-state index contributed by atoms with van der Waals surface area (Å²) in [6.45, 7) is 0. The number of ether oxygens (including phenoxy) is 1. The summed E-state index contributed by atoms with van der Waals surface area (Å²) in [6, 6.07) is 4.64. The molecule has 1 aromatic carbocycles. The van der Waals surface area contributed by atoms with E-state index < -0.39 is 17.8 Å². The van der Waals surface area contributed by atoms with E-state index in [1.807, 2.05) is 0 Å². The van der Waals surface area contributed by atoms with Gasteiger partial charge >= 0.3 is 6.18 Å². The zero-order valence-electron chi connectivity index (χ0n) is 11.2. The van der Waals surface area contributed by atoms with E-state index in [0.29, 0.717) is 12.2 Å². The molecule has 1 fully saturated rings. The van der Waals surface area contributed by atoms with Crippen LogP contribution in [0.4, 0.5) is 13.2 Å². The molecule has 2 atom stereocenters. The lowest BCUT2D eigenvalue weighted by Crippen LogP contribution is -2.32. The minimum Gasteiger partial charge on any atom is -0.488 e. The van der Waals surface area contributed by atoms with Gasteiger partial charge in [0, 0.05) is 0 Å². The lowest BCUT2D eigenvalue weighted by Gasteiger charge is -2.26. The third-order valence-electron chi connectivity index (χ3n) is 3.64. The molecule has 5 heteroatoms. The molecule has 0 aliphatic heterocycles. The lowest BCUT2D eigenvalue weighted by molar-refractivity contribution is -0.137. The van der Waals surface area contributed by atoms with Crippen LogP contribution in [0.3, 0.4) is 0 Å². The Morgan fingerprint density at radius 1 is 0.950 bits per heavy atom. The minimum absolute atomic E-state index is 0.327. The number of aliphatic hydroxyl groups is 1. The second-order valence-corrected chi connectivity index (χ2v) is 5.24.